The average Bonchev–Trinajstić information content (AvgIpc) is 2.37. The number of nitriles is 3. The summed E-state index contributed by atoms with van der Waals surface area (Å²) >= 11 is 0. The molecule has 1 aliphatic heterocycles. The molecule has 0 unspecified atom stereocenters. The normalized spacial score (nSPS) is 21.6. The van der Waals surface area contributed by atoms with E-state index < -0.39 is 11.0 Å². The molecule has 0 bridgehead atoms. The van der Waals surface area contributed by atoms with E-state index in [0.29, 0.717) is 0 Å². The first-order valence-electron chi connectivity index (χ1n) is 3.65. The fourth-order valence-corrected chi connectivity index (χ4v) is 1.23. The lowest BCUT2D eigenvalue weighted by Crippen LogP contribution is -2.39. The van der Waals surface area contributed by atoms with Gasteiger partial charge in [-0.3, -0.25) is 0 Å². The number of nitrogens with zero attached hydrogens (tertiary/aromatic N) is 3. The second-order valence-electron chi connectivity index (χ2n) is 3.25. The van der Waals surface area contributed by atoms with Crippen molar-refractivity contribution in [2.24, 2.45) is 5.41 Å². The molecule has 64 valence electrons. The average molecular weight is 173 g/mol. The van der Waals surface area contributed by atoms with E-state index >= 15 is 0 Å². The van der Waals surface area contributed by atoms with Crippen molar-refractivity contribution in [2.75, 3.05) is 0 Å². The molecule has 0 atom stereocenters. The molecule has 0 aromatic heterocycles. The Morgan fingerprint density at radius 1 is 1.23 bits per heavy atom. The Morgan fingerprint density at radius 3 is 2.08 bits per heavy atom. The van der Waals surface area contributed by atoms with E-state index in [4.69, 9.17) is 20.5 Å². The Bertz CT molecular complexity index is 373. The molecule has 0 N–H and O–H groups in total. The van der Waals surface area contributed by atoms with Crippen molar-refractivity contribution in [1.29, 1.82) is 15.8 Å². The van der Waals surface area contributed by atoms with Crippen molar-refractivity contribution < 1.29 is 4.74 Å². The minimum Gasteiger partial charge on any atom is -0.491 e. The standard InChI is InChI=1S/C9H7N3O/c1-8(2)9(5-11,6-12)7(3-10)4-13-8/h4H,1-2H3. The van der Waals surface area contributed by atoms with Gasteiger partial charge >= 0.3 is 0 Å². The van der Waals surface area contributed by atoms with Gasteiger partial charge in [0.15, 0.2) is 0 Å². The summed E-state index contributed by atoms with van der Waals surface area (Å²) in [5.74, 6) is 0. The van der Waals surface area contributed by atoms with Gasteiger partial charge in [0.2, 0.25) is 5.41 Å². The van der Waals surface area contributed by atoms with Crippen LogP contribution in [0.25, 0.3) is 0 Å². The van der Waals surface area contributed by atoms with Crippen LogP contribution in [0.1, 0.15) is 13.8 Å². The largest absolute Gasteiger partial charge is 0.491 e. The highest BCUT2D eigenvalue weighted by Crippen LogP contribution is 2.45. The third-order valence-electron chi connectivity index (χ3n) is 2.23. The summed E-state index contributed by atoms with van der Waals surface area (Å²) in [5.41, 5.74) is -2.36. The first kappa shape index (κ1) is 9.10. The number of rotatable bonds is 0. The van der Waals surface area contributed by atoms with E-state index in [1.165, 1.54) is 6.26 Å². The zero-order chi connectivity index (χ0) is 10.1. The molecule has 13 heavy (non-hydrogen) atoms. The maximum absolute atomic E-state index is 8.91. The first-order chi connectivity index (χ1) is 6.04. The molecule has 0 radical (unpaired) electrons. The van der Waals surface area contributed by atoms with E-state index in [1.54, 1.807) is 19.9 Å². The SMILES string of the molecule is CC1(C)OC=C(C#N)C1(C#N)C#N. The quantitative estimate of drug-likeness (QED) is 0.551. The van der Waals surface area contributed by atoms with Crippen LogP contribution in [-0.4, -0.2) is 5.60 Å². The predicted molar refractivity (Wildman–Crippen MR) is 42.5 cm³/mol. The van der Waals surface area contributed by atoms with Crippen LogP contribution in [-0.2, 0) is 4.74 Å². The molecule has 0 aromatic carbocycles. The molecule has 0 saturated heterocycles. The fraction of sp³-hybridized carbons (Fsp3) is 0.444. The third kappa shape index (κ3) is 0.880. The lowest BCUT2D eigenvalue weighted by Gasteiger charge is -2.27. The van der Waals surface area contributed by atoms with Gasteiger partial charge in [-0.05, 0) is 13.8 Å². The highest BCUT2D eigenvalue weighted by molar-refractivity contribution is 5.47. The molecule has 4 heteroatoms. The van der Waals surface area contributed by atoms with Gasteiger partial charge in [0.25, 0.3) is 0 Å². The lowest BCUT2D eigenvalue weighted by atomic mass is 9.73. The molecule has 1 heterocycles. The summed E-state index contributed by atoms with van der Waals surface area (Å²) < 4.78 is 5.11. The zero-order valence-electron chi connectivity index (χ0n) is 7.33. The van der Waals surface area contributed by atoms with Crippen LogP contribution in [0.4, 0.5) is 0 Å². The lowest BCUT2D eigenvalue weighted by molar-refractivity contribution is 0.0372. The summed E-state index contributed by atoms with van der Waals surface area (Å²) in [7, 11) is 0. The van der Waals surface area contributed by atoms with Gasteiger partial charge < -0.3 is 4.74 Å². The number of ether oxygens (including phenoxy) is 1. The molecule has 0 aromatic rings. The molecule has 0 amide bonds. The molecular weight excluding hydrogens is 166 g/mol. The van der Waals surface area contributed by atoms with Gasteiger partial charge in [0, 0.05) is 0 Å². The van der Waals surface area contributed by atoms with E-state index in [0.717, 1.165) is 0 Å². The van der Waals surface area contributed by atoms with Crippen molar-refractivity contribution in [1.82, 2.24) is 0 Å². The maximum Gasteiger partial charge on any atom is 0.219 e. The number of hydrogen-bond donors (Lipinski definition) is 0. The van der Waals surface area contributed by atoms with E-state index in [1.807, 2.05) is 12.1 Å². The molecule has 0 aliphatic carbocycles. The monoisotopic (exact) mass is 173 g/mol. The maximum atomic E-state index is 8.91. The molecule has 0 spiro atoms. The summed E-state index contributed by atoms with van der Waals surface area (Å²) in [6.45, 7) is 3.22. The molecule has 4 nitrogen and oxygen atoms in total. The summed E-state index contributed by atoms with van der Waals surface area (Å²) in [6, 6.07) is 5.49. The smallest absolute Gasteiger partial charge is 0.219 e. The van der Waals surface area contributed by atoms with Gasteiger partial charge in [0.1, 0.15) is 23.5 Å². The highest BCUT2D eigenvalue weighted by Gasteiger charge is 2.55. The van der Waals surface area contributed by atoms with Gasteiger partial charge in [-0.1, -0.05) is 0 Å². The van der Waals surface area contributed by atoms with Gasteiger partial charge in [-0.15, -0.1) is 0 Å². The van der Waals surface area contributed by atoms with E-state index in [9.17, 15) is 0 Å². The van der Waals surface area contributed by atoms with Crippen LogP contribution in [0, 0.1) is 39.4 Å². The Morgan fingerprint density at radius 2 is 1.77 bits per heavy atom. The summed E-state index contributed by atoms with van der Waals surface area (Å²) in [6.07, 6.45) is 1.19. The Labute approximate surface area is 76.3 Å². The van der Waals surface area contributed by atoms with Crippen molar-refractivity contribution in [3.63, 3.8) is 0 Å². The third-order valence-corrected chi connectivity index (χ3v) is 2.23. The van der Waals surface area contributed by atoms with Crippen molar-refractivity contribution in [2.45, 2.75) is 19.4 Å². The van der Waals surface area contributed by atoms with Gasteiger partial charge in [0.05, 0.1) is 12.1 Å². The van der Waals surface area contributed by atoms with Crippen molar-refractivity contribution in [3.05, 3.63) is 11.8 Å². The van der Waals surface area contributed by atoms with E-state index in [2.05, 4.69) is 0 Å². The van der Waals surface area contributed by atoms with Gasteiger partial charge in [-0.25, -0.2) is 0 Å². The van der Waals surface area contributed by atoms with Crippen LogP contribution >= 0.6 is 0 Å². The molecule has 1 rings (SSSR count). The predicted octanol–water partition coefficient (Wildman–Crippen LogP) is 1.24. The summed E-state index contributed by atoms with van der Waals surface area (Å²) in [5, 5.41) is 26.5. The van der Waals surface area contributed by atoms with Crippen molar-refractivity contribution >= 4 is 0 Å². The molecule has 0 fully saturated rings. The highest BCUT2D eigenvalue weighted by atomic mass is 16.5. The topological polar surface area (TPSA) is 80.6 Å². The minimum absolute atomic E-state index is 0.0718. The fourth-order valence-electron chi connectivity index (χ4n) is 1.23. The number of hydrogen-bond acceptors (Lipinski definition) is 4. The zero-order valence-corrected chi connectivity index (χ0v) is 7.33. The Hall–Kier alpha value is -1.99. The van der Waals surface area contributed by atoms with Crippen LogP contribution in [0.2, 0.25) is 0 Å². The Balaban J connectivity index is 3.35. The first-order valence-corrected chi connectivity index (χ1v) is 3.65. The second kappa shape index (κ2) is 2.51. The molecular formula is C9H7N3O. The second-order valence-corrected chi connectivity index (χ2v) is 3.25. The van der Waals surface area contributed by atoms with Crippen LogP contribution in [0.5, 0.6) is 0 Å². The molecule has 0 saturated carbocycles. The van der Waals surface area contributed by atoms with Crippen molar-refractivity contribution in [3.8, 4) is 18.2 Å². The van der Waals surface area contributed by atoms with Crippen LogP contribution < -0.4 is 0 Å². The van der Waals surface area contributed by atoms with Crippen LogP contribution in [0.15, 0.2) is 11.8 Å². The Kier molecular flexibility index (Phi) is 1.75. The molecule has 1 aliphatic rings. The summed E-state index contributed by atoms with van der Waals surface area (Å²) in [4.78, 5) is 0. The minimum atomic E-state index is -1.47. The van der Waals surface area contributed by atoms with Crippen LogP contribution in [0.3, 0.4) is 0 Å². The van der Waals surface area contributed by atoms with E-state index in [-0.39, 0.29) is 5.57 Å². The van der Waals surface area contributed by atoms with Gasteiger partial charge in [-0.2, -0.15) is 15.8 Å².